The van der Waals surface area contributed by atoms with E-state index in [1.807, 2.05) is 14.1 Å². The quantitative estimate of drug-likeness (QED) is 0.0171. The molecule has 0 fully saturated rings. The normalized spacial score (nSPS) is 11.3. The Morgan fingerprint density at radius 2 is 0.678 bits per heavy atom. The van der Waals surface area contributed by atoms with Gasteiger partial charge in [-0.3, -0.25) is 71.9 Å². The number of nitrogens with one attached hydrogen (secondary N) is 7. The van der Waals surface area contributed by atoms with Crippen LogP contribution in [0.15, 0.2) is 92.3 Å². The number of carbonyl (C=O) groups is 15. The average Bonchev–Trinajstić information content (AvgIpc) is 1.68. The smallest absolute Gasteiger partial charge is 0.291 e. The molecule has 0 atom stereocenters. The SMILES string of the molecule is CC(=O)Nc1cn(C)c(C(=O)Nc2cc(C(=O)NCCC(=O)Nc3cn(C)c(C(=O)Nc4cc(C(=O)Nc5cc(C(=O)NCCCC(=O)Cc6cn(C)c(C(=O)Cc7cn(C)c(C(=O)Cc8cc(C(=O)CCCC(=O)Cc9cn(C)c(C(=O)Cc%10cc(C(=O)CCCC(=O)CCCCN(C)C)n(C)c%10)n9)n(C)c8)n7)n6)n(C)c5)n(C)c4)n3)n(C)c2)n1. The van der Waals surface area contributed by atoms with Crippen molar-refractivity contribution in [1.82, 2.24) is 86.1 Å². The number of imidazole rings is 5. The predicted octanol–water partition coefficient (Wildman–Crippen LogP) is 5.94. The van der Waals surface area contributed by atoms with Gasteiger partial charge in [-0.25, -0.2) is 24.9 Å². The van der Waals surface area contributed by atoms with Gasteiger partial charge in [-0.2, -0.15) is 0 Å². The van der Waals surface area contributed by atoms with Gasteiger partial charge in [0.25, 0.3) is 29.5 Å². The van der Waals surface area contributed by atoms with Crippen LogP contribution in [0.3, 0.4) is 0 Å². The molecule has 0 unspecified atom stereocenters. The molecule has 0 aliphatic heterocycles. The van der Waals surface area contributed by atoms with E-state index in [1.54, 1.807) is 133 Å². The maximum atomic E-state index is 13.7. The highest BCUT2D eigenvalue weighted by molar-refractivity contribution is 6.08. The maximum absolute atomic E-state index is 13.7. The molecule has 0 aromatic carbocycles. The summed E-state index contributed by atoms with van der Waals surface area (Å²) >= 11 is 0. The van der Waals surface area contributed by atoms with Crippen LogP contribution in [0.2, 0.25) is 0 Å². The summed E-state index contributed by atoms with van der Waals surface area (Å²) in [7, 11) is 20.3. The lowest BCUT2D eigenvalue weighted by atomic mass is 10.0. The van der Waals surface area contributed by atoms with Crippen LogP contribution in [0.25, 0.3) is 0 Å². The van der Waals surface area contributed by atoms with Gasteiger partial charge in [0.15, 0.2) is 40.7 Å². The van der Waals surface area contributed by atoms with E-state index >= 15 is 0 Å². The maximum Gasteiger partial charge on any atom is 0.291 e. The molecule has 7 amide bonds. The van der Waals surface area contributed by atoms with Gasteiger partial charge < -0.3 is 87.8 Å². The highest BCUT2D eigenvalue weighted by Crippen LogP contribution is 2.24. The summed E-state index contributed by atoms with van der Waals surface area (Å²) in [6, 6.07) is 7.69. The van der Waals surface area contributed by atoms with Crippen LogP contribution in [-0.2, 0) is 127 Å². The molecule has 0 saturated carbocycles. The standard InChI is InChI=1S/C83H101N23O15/c1-49(107)86-71-47-105(12)77(94-71)82(120)91-55-36-64(100(7)42-55)80(118)85-27-25-73(116)93-72-48-106(13)78(95-72)83(121)92-56-37-65(101(8)43-56)81(119)90-54-35-63(99(6)41-54)79(117)84-26-18-22-60(110)34-53-45-103(10)76(88-53)70(115)38-57-46-104(11)75(89-57)69(114)32-51-30-62(98(5)40-51)67(112)24-17-21-59(109)33-52-44-102(9)74(87-52)68(113)31-50-29-61(97(4)39-50)66(111)23-16-20-58(108)19-14-15-28-96(2)3/h29-30,35-37,39-48H,14-28,31-34,38H2,1-13H3,(H,84,117)(H,85,118)(H,86,107)(H,90,119)(H,91,120)(H,92,121)(H,93,116). The van der Waals surface area contributed by atoms with E-state index in [2.05, 4.69) is 67.0 Å². The summed E-state index contributed by atoms with van der Waals surface area (Å²) in [5.74, 6) is -4.69. The van der Waals surface area contributed by atoms with Crippen molar-refractivity contribution < 1.29 is 71.9 Å². The Labute approximate surface area is 696 Å². The topological polar surface area (TPSA) is 457 Å². The third-order valence-corrected chi connectivity index (χ3v) is 19.9. The van der Waals surface area contributed by atoms with E-state index in [-0.39, 0.29) is 200 Å². The average molecular weight is 1660 g/mol. The molecule has 10 rings (SSSR count). The number of hydrogen-bond acceptors (Lipinski definition) is 21. The summed E-state index contributed by atoms with van der Waals surface area (Å²) in [6.45, 7) is 2.30. The van der Waals surface area contributed by atoms with Crippen LogP contribution < -0.4 is 37.2 Å². The molecule has 121 heavy (non-hydrogen) atoms. The minimum absolute atomic E-state index is 0.0107. The van der Waals surface area contributed by atoms with Crippen molar-refractivity contribution in [3.05, 3.63) is 178 Å². The molecule has 10 heterocycles. The van der Waals surface area contributed by atoms with Crippen LogP contribution in [0, 0.1) is 0 Å². The number of ketones is 8. The first kappa shape index (κ1) is 89.4. The predicted molar refractivity (Wildman–Crippen MR) is 444 cm³/mol. The van der Waals surface area contributed by atoms with Crippen LogP contribution in [0.1, 0.15) is 218 Å². The Balaban J connectivity index is 0.598. The van der Waals surface area contributed by atoms with Crippen molar-refractivity contribution in [2.45, 2.75) is 116 Å². The fraction of sp³-hybridized carbons (Fsp3) is 0.398. The minimum Gasteiger partial charge on any atom is -0.351 e. The molecule has 0 spiro atoms. The van der Waals surface area contributed by atoms with Crippen LogP contribution in [0.5, 0.6) is 0 Å². The largest absolute Gasteiger partial charge is 0.351 e. The number of aromatic nitrogens is 15. The first-order chi connectivity index (χ1) is 57.4. The zero-order valence-electron chi connectivity index (χ0n) is 70.1. The number of anilines is 5. The number of aryl methyl sites for hydroxylation is 10. The lowest BCUT2D eigenvalue weighted by Crippen LogP contribution is -2.29. The first-order valence-electron chi connectivity index (χ1n) is 39.3. The van der Waals surface area contributed by atoms with Gasteiger partial charge in [-0.15, -0.1) is 0 Å². The van der Waals surface area contributed by atoms with Crippen LogP contribution in [-0.4, -0.2) is 197 Å². The Morgan fingerprint density at radius 3 is 1.12 bits per heavy atom. The van der Waals surface area contributed by atoms with E-state index in [4.69, 9.17) is 0 Å². The zero-order chi connectivity index (χ0) is 87.8. The van der Waals surface area contributed by atoms with E-state index in [9.17, 15) is 71.9 Å². The number of amides is 7. The molecule has 10 aromatic heterocycles. The van der Waals surface area contributed by atoms with E-state index in [0.29, 0.717) is 70.2 Å². The number of carbonyl (C=O) groups excluding carboxylic acids is 15. The van der Waals surface area contributed by atoms with Gasteiger partial charge in [0.1, 0.15) is 34.4 Å². The fourth-order valence-electron chi connectivity index (χ4n) is 14.0. The summed E-state index contributed by atoms with van der Waals surface area (Å²) in [5, 5.41) is 18.7. The van der Waals surface area contributed by atoms with E-state index in [1.165, 1.54) is 81.9 Å². The highest BCUT2D eigenvalue weighted by atomic mass is 16.2. The monoisotopic (exact) mass is 1660 g/mol. The molecule has 0 saturated heterocycles. The van der Waals surface area contributed by atoms with Gasteiger partial charge in [0, 0.05) is 210 Å². The fourth-order valence-corrected chi connectivity index (χ4v) is 14.0. The van der Waals surface area contributed by atoms with Gasteiger partial charge >= 0.3 is 0 Å². The van der Waals surface area contributed by atoms with Crippen LogP contribution in [0.4, 0.5) is 28.7 Å². The van der Waals surface area contributed by atoms with Crippen molar-refractivity contribution in [2.75, 3.05) is 60.3 Å². The third kappa shape index (κ3) is 24.2. The summed E-state index contributed by atoms with van der Waals surface area (Å²) in [6.07, 6.45) is 19.2. The van der Waals surface area contributed by atoms with Gasteiger partial charge in [0.05, 0.1) is 64.8 Å². The molecular weight excluding hydrogens is 1560 g/mol. The molecule has 38 nitrogen and oxygen atoms in total. The first-order valence-corrected chi connectivity index (χ1v) is 39.3. The van der Waals surface area contributed by atoms with E-state index in [0.717, 1.165) is 19.4 Å². The lowest BCUT2D eigenvalue weighted by molar-refractivity contribution is -0.119. The second-order valence-electron chi connectivity index (χ2n) is 30.5. The molecule has 7 N–H and O–H groups in total. The van der Waals surface area contributed by atoms with Crippen LogP contribution >= 0.6 is 0 Å². The third-order valence-electron chi connectivity index (χ3n) is 19.9. The van der Waals surface area contributed by atoms with Crippen molar-refractivity contribution in [3.8, 4) is 0 Å². The van der Waals surface area contributed by atoms with Gasteiger partial charge in [-0.05, 0) is 94.2 Å². The van der Waals surface area contributed by atoms with E-state index < -0.39 is 41.2 Å². The molecule has 10 aromatic rings. The number of hydrogen-bond donors (Lipinski definition) is 7. The summed E-state index contributed by atoms with van der Waals surface area (Å²) < 4.78 is 15.3. The van der Waals surface area contributed by atoms with Crippen molar-refractivity contribution in [3.63, 3.8) is 0 Å². The molecule has 638 valence electrons. The molecule has 0 aliphatic carbocycles. The van der Waals surface area contributed by atoms with Crippen molar-refractivity contribution in [1.29, 1.82) is 0 Å². The van der Waals surface area contributed by atoms with Crippen molar-refractivity contribution in [2.24, 2.45) is 70.5 Å². The number of rotatable bonds is 45. The molecule has 38 heteroatoms. The Hall–Kier alpha value is -13.9. The number of Topliss-reactive ketones (excluding diaryl/α,β-unsaturated/α-hetero) is 8. The number of nitrogens with zero attached hydrogens (tertiary/aromatic N) is 16. The second-order valence-corrected chi connectivity index (χ2v) is 30.5. The number of unbranched alkanes of at least 4 members (excludes halogenated alkanes) is 1. The van der Waals surface area contributed by atoms with Crippen molar-refractivity contribution >= 4 is 116 Å². The molecule has 0 aliphatic rings. The second kappa shape index (κ2) is 40.0. The molecular formula is C83H101N23O15. The zero-order valence-corrected chi connectivity index (χ0v) is 70.1. The van der Waals surface area contributed by atoms with Gasteiger partial charge in [0.2, 0.25) is 40.8 Å². The Kier molecular flexibility index (Phi) is 29.6. The summed E-state index contributed by atoms with van der Waals surface area (Å²) in [4.78, 5) is 221. The molecule has 0 radical (unpaired) electrons. The van der Waals surface area contributed by atoms with Gasteiger partial charge in [-0.1, -0.05) is 0 Å². The highest BCUT2D eigenvalue weighted by Gasteiger charge is 2.27. The molecule has 0 bridgehead atoms. The Morgan fingerprint density at radius 1 is 0.306 bits per heavy atom. The lowest BCUT2D eigenvalue weighted by Gasteiger charge is -2.08. The Bertz CT molecular complexity index is 5670. The minimum atomic E-state index is -0.660. The summed E-state index contributed by atoms with van der Waals surface area (Å²) in [5.41, 5.74) is 4.48.